The van der Waals surface area contributed by atoms with E-state index in [2.05, 4.69) is 13.8 Å². The molecular formula is C22H26O4. The Labute approximate surface area is 155 Å². The number of carbonyl (C=O) groups is 2. The van der Waals surface area contributed by atoms with Gasteiger partial charge in [-0.2, -0.15) is 0 Å². The summed E-state index contributed by atoms with van der Waals surface area (Å²) in [6, 6.07) is 11.2. The summed E-state index contributed by atoms with van der Waals surface area (Å²) in [5.41, 5.74) is 4.11. The Balaban J connectivity index is 2.12. The molecular weight excluding hydrogens is 328 g/mol. The number of ether oxygens (including phenoxy) is 2. The fourth-order valence-electron chi connectivity index (χ4n) is 2.74. The average molecular weight is 354 g/mol. The number of carbonyl (C=O) groups excluding carboxylic acids is 2. The van der Waals surface area contributed by atoms with E-state index in [1.54, 1.807) is 12.1 Å². The van der Waals surface area contributed by atoms with Crippen molar-refractivity contribution in [2.45, 2.75) is 53.4 Å². The van der Waals surface area contributed by atoms with Crippen molar-refractivity contribution in [3.63, 3.8) is 0 Å². The molecule has 0 heterocycles. The highest BCUT2D eigenvalue weighted by molar-refractivity contribution is 6.31. The van der Waals surface area contributed by atoms with Crippen LogP contribution in [0.4, 0.5) is 0 Å². The van der Waals surface area contributed by atoms with Crippen molar-refractivity contribution < 1.29 is 19.1 Å². The van der Waals surface area contributed by atoms with Crippen LogP contribution in [0.2, 0.25) is 0 Å². The first-order valence-corrected chi connectivity index (χ1v) is 9.19. The Morgan fingerprint density at radius 3 is 1.35 bits per heavy atom. The first kappa shape index (κ1) is 19.7. The number of rotatable bonds is 6. The standard InChI is InChI=1S/C22H26O4/c1-5-15-9-11-19(17(7-3)13-15)25-21(23)22(24)26-20-12-10-16(6-2)14-18(20)8-4/h9-14H,5-8H2,1-4H3. The Morgan fingerprint density at radius 2 is 1.04 bits per heavy atom. The van der Waals surface area contributed by atoms with E-state index in [1.165, 1.54) is 0 Å². The zero-order valence-corrected chi connectivity index (χ0v) is 15.9. The van der Waals surface area contributed by atoms with E-state index in [-0.39, 0.29) is 0 Å². The van der Waals surface area contributed by atoms with Crippen molar-refractivity contribution >= 4 is 11.9 Å². The molecule has 4 nitrogen and oxygen atoms in total. The van der Waals surface area contributed by atoms with Gasteiger partial charge in [-0.1, -0.05) is 52.0 Å². The maximum atomic E-state index is 12.2. The molecule has 2 rings (SSSR count). The van der Waals surface area contributed by atoms with Crippen LogP contribution < -0.4 is 9.47 Å². The highest BCUT2D eigenvalue weighted by Crippen LogP contribution is 2.23. The summed E-state index contributed by atoms with van der Waals surface area (Å²) in [7, 11) is 0. The van der Waals surface area contributed by atoms with Crippen molar-refractivity contribution in [1.29, 1.82) is 0 Å². The predicted octanol–water partition coefficient (Wildman–Crippen LogP) is 4.45. The second-order valence-corrected chi connectivity index (χ2v) is 6.08. The number of hydrogen-bond donors (Lipinski definition) is 0. The first-order chi connectivity index (χ1) is 12.5. The van der Waals surface area contributed by atoms with Gasteiger partial charge < -0.3 is 9.47 Å². The largest absolute Gasteiger partial charge is 0.423 e. The predicted molar refractivity (Wildman–Crippen MR) is 102 cm³/mol. The minimum Gasteiger partial charge on any atom is -0.418 e. The molecule has 138 valence electrons. The fourth-order valence-corrected chi connectivity index (χ4v) is 2.74. The third-order valence-electron chi connectivity index (χ3n) is 4.40. The number of esters is 2. The molecule has 0 aliphatic carbocycles. The molecule has 0 atom stereocenters. The van der Waals surface area contributed by atoms with Crippen molar-refractivity contribution in [2.24, 2.45) is 0 Å². The van der Waals surface area contributed by atoms with Crippen LogP contribution in [0.25, 0.3) is 0 Å². The summed E-state index contributed by atoms with van der Waals surface area (Å²) in [6.07, 6.45) is 3.22. The van der Waals surface area contributed by atoms with Gasteiger partial charge >= 0.3 is 11.9 Å². The van der Waals surface area contributed by atoms with E-state index in [0.29, 0.717) is 24.3 Å². The second kappa shape index (κ2) is 9.18. The van der Waals surface area contributed by atoms with E-state index < -0.39 is 11.9 Å². The molecule has 2 aromatic rings. The lowest BCUT2D eigenvalue weighted by Gasteiger charge is -2.12. The normalized spacial score (nSPS) is 10.5. The Hall–Kier alpha value is -2.62. The Bertz CT molecular complexity index is 725. The maximum absolute atomic E-state index is 12.2. The van der Waals surface area contributed by atoms with Crippen LogP contribution in [0.5, 0.6) is 11.5 Å². The van der Waals surface area contributed by atoms with Gasteiger partial charge in [0.1, 0.15) is 11.5 Å². The van der Waals surface area contributed by atoms with Crippen LogP contribution in [0.1, 0.15) is 49.9 Å². The van der Waals surface area contributed by atoms with Gasteiger partial charge in [-0.25, -0.2) is 9.59 Å². The molecule has 0 unspecified atom stereocenters. The van der Waals surface area contributed by atoms with Gasteiger partial charge in [0.05, 0.1) is 0 Å². The summed E-state index contributed by atoms with van der Waals surface area (Å²) in [6.45, 7) is 8.08. The highest BCUT2D eigenvalue weighted by atomic mass is 16.6. The first-order valence-electron chi connectivity index (χ1n) is 9.19. The number of hydrogen-bond acceptors (Lipinski definition) is 4. The van der Waals surface area contributed by atoms with Crippen molar-refractivity contribution in [3.8, 4) is 11.5 Å². The number of benzene rings is 2. The molecule has 0 radical (unpaired) electrons. The molecule has 0 spiro atoms. The summed E-state index contributed by atoms with van der Waals surface area (Å²) in [5.74, 6) is -1.21. The van der Waals surface area contributed by atoms with Crippen LogP contribution in [0.15, 0.2) is 36.4 Å². The van der Waals surface area contributed by atoms with Crippen LogP contribution in [-0.4, -0.2) is 11.9 Å². The summed E-state index contributed by atoms with van der Waals surface area (Å²) >= 11 is 0. The Kier molecular flexibility index (Phi) is 6.96. The topological polar surface area (TPSA) is 52.6 Å². The lowest BCUT2D eigenvalue weighted by Crippen LogP contribution is -2.26. The van der Waals surface area contributed by atoms with E-state index >= 15 is 0 Å². The summed E-state index contributed by atoms with van der Waals surface area (Å²) in [5, 5.41) is 0. The SMILES string of the molecule is CCc1ccc(OC(=O)C(=O)Oc2ccc(CC)cc2CC)c(CC)c1. The molecule has 0 aliphatic heterocycles. The molecule has 26 heavy (non-hydrogen) atoms. The summed E-state index contributed by atoms with van der Waals surface area (Å²) < 4.78 is 10.5. The zero-order valence-electron chi connectivity index (χ0n) is 15.9. The van der Waals surface area contributed by atoms with Gasteiger partial charge in [0.25, 0.3) is 0 Å². The van der Waals surface area contributed by atoms with Gasteiger partial charge in [-0.05, 0) is 60.1 Å². The molecule has 0 aliphatic rings. The molecule has 0 saturated heterocycles. The molecule has 0 fully saturated rings. The van der Waals surface area contributed by atoms with Gasteiger partial charge in [-0.15, -0.1) is 0 Å². The minimum absolute atomic E-state index is 0.406. The van der Waals surface area contributed by atoms with Crippen LogP contribution in [-0.2, 0) is 35.3 Å². The highest BCUT2D eigenvalue weighted by Gasteiger charge is 2.21. The monoisotopic (exact) mass is 354 g/mol. The third kappa shape index (κ3) is 4.72. The molecule has 2 aromatic carbocycles. The van der Waals surface area contributed by atoms with Gasteiger partial charge in [0.2, 0.25) is 0 Å². The van der Waals surface area contributed by atoms with E-state index in [4.69, 9.17) is 9.47 Å². The lowest BCUT2D eigenvalue weighted by molar-refractivity contribution is -0.156. The minimum atomic E-state index is -1.01. The Morgan fingerprint density at radius 1 is 0.654 bits per heavy atom. The van der Waals surface area contributed by atoms with Gasteiger partial charge in [0.15, 0.2) is 0 Å². The van der Waals surface area contributed by atoms with Crippen LogP contribution >= 0.6 is 0 Å². The van der Waals surface area contributed by atoms with Crippen LogP contribution in [0.3, 0.4) is 0 Å². The van der Waals surface area contributed by atoms with Crippen molar-refractivity contribution in [2.75, 3.05) is 0 Å². The maximum Gasteiger partial charge on any atom is 0.423 e. The third-order valence-corrected chi connectivity index (χ3v) is 4.40. The fraction of sp³-hybridized carbons (Fsp3) is 0.364. The molecule has 0 saturated carbocycles. The molecule has 0 bridgehead atoms. The van der Waals surface area contributed by atoms with Crippen molar-refractivity contribution in [3.05, 3.63) is 58.7 Å². The molecule has 0 amide bonds. The van der Waals surface area contributed by atoms with Gasteiger partial charge in [0, 0.05) is 0 Å². The zero-order chi connectivity index (χ0) is 19.1. The average Bonchev–Trinajstić information content (AvgIpc) is 2.68. The van der Waals surface area contributed by atoms with E-state index in [9.17, 15) is 9.59 Å². The smallest absolute Gasteiger partial charge is 0.418 e. The van der Waals surface area contributed by atoms with E-state index in [1.807, 2.05) is 38.1 Å². The molecule has 0 N–H and O–H groups in total. The van der Waals surface area contributed by atoms with Gasteiger partial charge in [-0.3, -0.25) is 0 Å². The molecule has 0 aromatic heterocycles. The lowest BCUT2D eigenvalue weighted by atomic mass is 10.1. The number of aryl methyl sites for hydroxylation is 4. The second-order valence-electron chi connectivity index (χ2n) is 6.08. The quantitative estimate of drug-likeness (QED) is 0.437. The molecule has 4 heteroatoms. The van der Waals surface area contributed by atoms with Crippen molar-refractivity contribution in [1.82, 2.24) is 0 Å². The van der Waals surface area contributed by atoms with E-state index in [0.717, 1.165) is 35.1 Å². The van der Waals surface area contributed by atoms with Crippen LogP contribution in [0, 0.1) is 0 Å². The summed E-state index contributed by atoms with van der Waals surface area (Å²) in [4.78, 5) is 24.3.